The van der Waals surface area contributed by atoms with Crippen molar-refractivity contribution in [3.8, 4) is 0 Å². The molecule has 0 radical (unpaired) electrons. The molecule has 1 amide bonds. The van der Waals surface area contributed by atoms with Gasteiger partial charge in [0.05, 0.1) is 0 Å². The number of aldehydes is 1. The van der Waals surface area contributed by atoms with Crippen molar-refractivity contribution in [3.63, 3.8) is 0 Å². The molecule has 88 valence electrons. The van der Waals surface area contributed by atoms with E-state index in [1.807, 2.05) is 13.8 Å². The van der Waals surface area contributed by atoms with Crippen LogP contribution in [0.4, 0.5) is 0 Å². The highest BCUT2D eigenvalue weighted by Gasteiger charge is 2.31. The van der Waals surface area contributed by atoms with Gasteiger partial charge in [-0.1, -0.05) is 26.7 Å². The van der Waals surface area contributed by atoms with Gasteiger partial charge in [0.2, 0.25) is 5.91 Å². The van der Waals surface area contributed by atoms with E-state index in [1.165, 1.54) is 0 Å². The van der Waals surface area contributed by atoms with E-state index in [2.05, 4.69) is 0 Å². The minimum Gasteiger partial charge on any atom is -0.349 e. The Morgan fingerprint density at radius 1 is 1.20 bits per heavy atom. The zero-order valence-electron chi connectivity index (χ0n) is 10.3. The number of carbonyl (C=O) groups is 2. The molecule has 0 aromatic rings. The maximum Gasteiger partial charge on any atom is 0.225 e. The van der Waals surface area contributed by atoms with Gasteiger partial charge in [0, 0.05) is 25.9 Å². The summed E-state index contributed by atoms with van der Waals surface area (Å²) < 4.78 is 0. The Labute approximate surface area is 92.8 Å². The Bertz CT molecular complexity index is 202. The molecule has 2 unspecified atom stereocenters. The fourth-order valence-electron chi connectivity index (χ4n) is 1.96. The number of hydrogen-bond acceptors (Lipinski definition) is 2. The van der Waals surface area contributed by atoms with Crippen LogP contribution in [0.2, 0.25) is 0 Å². The third-order valence-corrected chi connectivity index (χ3v) is 2.75. The van der Waals surface area contributed by atoms with Gasteiger partial charge in [-0.3, -0.25) is 4.79 Å². The molecule has 1 aliphatic rings. The van der Waals surface area contributed by atoms with Crippen molar-refractivity contribution in [1.29, 1.82) is 0 Å². The van der Waals surface area contributed by atoms with Crippen molar-refractivity contribution in [2.75, 3.05) is 14.1 Å². The van der Waals surface area contributed by atoms with Crippen molar-refractivity contribution in [2.45, 2.75) is 39.5 Å². The standard InChI is InChI=1S/C10H17NO2.C2H6/c1-11(2)10(13)9-6-4-3-5-8(9)7-12;1-2/h7-9H,3-6H2,1-2H3;1-2H3. The van der Waals surface area contributed by atoms with Crippen LogP contribution in [-0.2, 0) is 9.59 Å². The van der Waals surface area contributed by atoms with Gasteiger partial charge in [-0.05, 0) is 12.8 Å². The van der Waals surface area contributed by atoms with Crippen LogP contribution < -0.4 is 0 Å². The van der Waals surface area contributed by atoms with Crippen LogP contribution >= 0.6 is 0 Å². The zero-order chi connectivity index (χ0) is 11.8. The first-order chi connectivity index (χ1) is 7.16. The molecule has 3 nitrogen and oxygen atoms in total. The maximum absolute atomic E-state index is 11.6. The van der Waals surface area contributed by atoms with Crippen LogP contribution in [0.25, 0.3) is 0 Å². The van der Waals surface area contributed by atoms with Gasteiger partial charge in [-0.25, -0.2) is 0 Å². The summed E-state index contributed by atoms with van der Waals surface area (Å²) in [6.07, 6.45) is 4.87. The molecule has 0 bridgehead atoms. The molecule has 1 saturated carbocycles. The van der Waals surface area contributed by atoms with Gasteiger partial charge < -0.3 is 9.69 Å². The molecule has 0 aromatic carbocycles. The molecule has 1 aliphatic carbocycles. The summed E-state index contributed by atoms with van der Waals surface area (Å²) in [4.78, 5) is 24.0. The average Bonchev–Trinajstić information content (AvgIpc) is 2.30. The first-order valence-electron chi connectivity index (χ1n) is 5.83. The van der Waals surface area contributed by atoms with Gasteiger partial charge in [0.25, 0.3) is 0 Å². The molecular weight excluding hydrogens is 190 g/mol. The van der Waals surface area contributed by atoms with Gasteiger partial charge in [0.15, 0.2) is 0 Å². The van der Waals surface area contributed by atoms with Crippen LogP contribution in [0.15, 0.2) is 0 Å². The molecule has 0 spiro atoms. The van der Waals surface area contributed by atoms with E-state index in [4.69, 9.17) is 0 Å². The van der Waals surface area contributed by atoms with Crippen molar-refractivity contribution in [3.05, 3.63) is 0 Å². The molecule has 1 rings (SSSR count). The van der Waals surface area contributed by atoms with Crippen LogP contribution in [0, 0.1) is 11.8 Å². The van der Waals surface area contributed by atoms with E-state index >= 15 is 0 Å². The summed E-state index contributed by atoms with van der Waals surface area (Å²) >= 11 is 0. The Hall–Kier alpha value is -0.860. The van der Waals surface area contributed by atoms with Gasteiger partial charge in [0.1, 0.15) is 6.29 Å². The van der Waals surface area contributed by atoms with E-state index in [9.17, 15) is 9.59 Å². The summed E-state index contributed by atoms with van der Waals surface area (Å²) in [5, 5.41) is 0. The lowest BCUT2D eigenvalue weighted by molar-refractivity contribution is -0.138. The van der Waals surface area contributed by atoms with Crippen molar-refractivity contribution in [1.82, 2.24) is 4.90 Å². The molecule has 0 aromatic heterocycles. The predicted molar refractivity (Wildman–Crippen MR) is 61.6 cm³/mol. The maximum atomic E-state index is 11.6. The summed E-state index contributed by atoms with van der Waals surface area (Å²) in [6, 6.07) is 0. The normalized spacial score (nSPS) is 24.8. The van der Waals surface area contributed by atoms with Crippen molar-refractivity contribution >= 4 is 12.2 Å². The van der Waals surface area contributed by atoms with E-state index < -0.39 is 0 Å². The zero-order valence-corrected chi connectivity index (χ0v) is 10.3. The van der Waals surface area contributed by atoms with E-state index in [0.717, 1.165) is 32.0 Å². The minimum absolute atomic E-state index is 0.0383. The third-order valence-electron chi connectivity index (χ3n) is 2.75. The van der Waals surface area contributed by atoms with Crippen LogP contribution in [-0.4, -0.2) is 31.2 Å². The molecular formula is C12H23NO2. The molecule has 1 fully saturated rings. The highest BCUT2D eigenvalue weighted by Crippen LogP contribution is 2.29. The SMILES string of the molecule is CC.CN(C)C(=O)C1CCCCC1C=O. The molecule has 0 saturated heterocycles. The Balaban J connectivity index is 0.000000921. The van der Waals surface area contributed by atoms with E-state index in [0.29, 0.717) is 0 Å². The second-order valence-corrected chi connectivity index (χ2v) is 3.92. The first-order valence-corrected chi connectivity index (χ1v) is 5.83. The molecule has 0 aliphatic heterocycles. The molecule has 3 heteroatoms. The fourth-order valence-corrected chi connectivity index (χ4v) is 1.96. The smallest absolute Gasteiger partial charge is 0.225 e. The topological polar surface area (TPSA) is 37.4 Å². The van der Waals surface area contributed by atoms with Crippen LogP contribution in [0.1, 0.15) is 39.5 Å². The quantitative estimate of drug-likeness (QED) is 0.659. The summed E-state index contributed by atoms with van der Waals surface area (Å²) in [5.41, 5.74) is 0. The van der Waals surface area contributed by atoms with Crippen LogP contribution in [0.5, 0.6) is 0 Å². The number of amides is 1. The largest absolute Gasteiger partial charge is 0.349 e. The van der Waals surface area contributed by atoms with Gasteiger partial charge >= 0.3 is 0 Å². The van der Waals surface area contributed by atoms with Gasteiger partial charge in [-0.2, -0.15) is 0 Å². The monoisotopic (exact) mass is 213 g/mol. The van der Waals surface area contributed by atoms with Crippen LogP contribution in [0.3, 0.4) is 0 Å². The average molecular weight is 213 g/mol. The number of carbonyl (C=O) groups excluding carboxylic acids is 2. The fraction of sp³-hybridized carbons (Fsp3) is 0.833. The minimum atomic E-state index is -0.0544. The second-order valence-electron chi connectivity index (χ2n) is 3.92. The molecule has 0 heterocycles. The van der Waals surface area contributed by atoms with Gasteiger partial charge in [-0.15, -0.1) is 0 Å². The molecule has 2 atom stereocenters. The van der Waals surface area contributed by atoms with E-state index in [-0.39, 0.29) is 17.7 Å². The summed E-state index contributed by atoms with van der Waals surface area (Å²) in [7, 11) is 3.50. The Morgan fingerprint density at radius 3 is 2.20 bits per heavy atom. The number of nitrogens with zero attached hydrogens (tertiary/aromatic N) is 1. The molecule has 0 N–H and O–H groups in total. The first kappa shape index (κ1) is 14.1. The van der Waals surface area contributed by atoms with E-state index in [1.54, 1.807) is 19.0 Å². The van der Waals surface area contributed by atoms with Crippen molar-refractivity contribution < 1.29 is 9.59 Å². The highest BCUT2D eigenvalue weighted by atomic mass is 16.2. The lowest BCUT2D eigenvalue weighted by atomic mass is 9.79. The third kappa shape index (κ3) is 4.02. The summed E-state index contributed by atoms with van der Waals surface area (Å²) in [5.74, 6) is 0.0155. The number of hydrogen-bond donors (Lipinski definition) is 0. The second kappa shape index (κ2) is 7.43. The number of rotatable bonds is 2. The predicted octanol–water partition coefficient (Wildman–Crippen LogP) is 2.11. The molecule has 15 heavy (non-hydrogen) atoms. The lowest BCUT2D eigenvalue weighted by Gasteiger charge is -2.28. The highest BCUT2D eigenvalue weighted by molar-refractivity contribution is 5.81. The summed E-state index contributed by atoms with van der Waals surface area (Å²) in [6.45, 7) is 4.00. The Kier molecular flexibility index (Phi) is 7.01. The lowest BCUT2D eigenvalue weighted by Crippen LogP contribution is -2.36. The Morgan fingerprint density at radius 2 is 1.73 bits per heavy atom. The van der Waals surface area contributed by atoms with Crippen molar-refractivity contribution in [2.24, 2.45) is 11.8 Å².